The smallest absolute Gasteiger partial charge is 0.273 e. The number of halogens is 2. The molecule has 3 rings (SSSR count). The van der Waals surface area contributed by atoms with Gasteiger partial charge < -0.3 is 15.1 Å². The van der Waals surface area contributed by atoms with Gasteiger partial charge in [0.15, 0.2) is 12.1 Å². The highest BCUT2D eigenvalue weighted by molar-refractivity contribution is 5.93. The summed E-state index contributed by atoms with van der Waals surface area (Å²) in [7, 11) is 0. The van der Waals surface area contributed by atoms with E-state index in [2.05, 4.69) is 15.6 Å². The Labute approximate surface area is 134 Å². The Morgan fingerprint density at radius 3 is 2.91 bits per heavy atom. The van der Waals surface area contributed by atoms with E-state index in [0.717, 1.165) is 32.4 Å². The number of hydrogen-bond donors (Lipinski definition) is 2. The van der Waals surface area contributed by atoms with Crippen molar-refractivity contribution < 1.29 is 18.0 Å². The van der Waals surface area contributed by atoms with E-state index < -0.39 is 5.92 Å². The highest BCUT2D eigenvalue weighted by Gasteiger charge is 2.36. The van der Waals surface area contributed by atoms with Crippen LogP contribution < -0.4 is 10.6 Å². The van der Waals surface area contributed by atoms with Crippen molar-refractivity contribution in [1.82, 2.24) is 15.6 Å². The first kappa shape index (κ1) is 16.4. The molecule has 0 aromatic carbocycles. The number of nitrogens with zero attached hydrogens (tertiary/aromatic N) is 1. The molecule has 1 aliphatic carbocycles. The molecule has 2 aliphatic rings. The Morgan fingerprint density at radius 1 is 1.39 bits per heavy atom. The molecule has 1 atom stereocenters. The summed E-state index contributed by atoms with van der Waals surface area (Å²) in [5.41, 5.74) is 0.305. The van der Waals surface area contributed by atoms with Crippen molar-refractivity contribution in [2.45, 2.75) is 50.4 Å². The average Bonchev–Trinajstić information content (AvgIpc) is 3.02. The van der Waals surface area contributed by atoms with Crippen LogP contribution in [0.25, 0.3) is 0 Å². The van der Waals surface area contributed by atoms with E-state index in [1.807, 2.05) is 0 Å². The van der Waals surface area contributed by atoms with E-state index in [4.69, 9.17) is 4.42 Å². The molecule has 1 aromatic heterocycles. The van der Waals surface area contributed by atoms with E-state index in [9.17, 15) is 13.6 Å². The van der Waals surface area contributed by atoms with Gasteiger partial charge >= 0.3 is 0 Å². The van der Waals surface area contributed by atoms with Crippen molar-refractivity contribution >= 4 is 5.91 Å². The number of oxazole rings is 1. The molecule has 0 radical (unpaired) electrons. The summed E-state index contributed by atoms with van der Waals surface area (Å²) in [5.74, 6) is -2.27. The van der Waals surface area contributed by atoms with Crippen LogP contribution in [0, 0.1) is 5.92 Å². The number of nitrogens with one attached hydrogen (secondary N) is 2. The topological polar surface area (TPSA) is 67.2 Å². The summed E-state index contributed by atoms with van der Waals surface area (Å²) in [4.78, 5) is 16.4. The lowest BCUT2D eigenvalue weighted by molar-refractivity contribution is -0.0518. The molecule has 1 amide bonds. The third kappa shape index (κ3) is 4.07. The third-order valence-electron chi connectivity index (χ3n) is 4.81. The molecule has 128 valence electrons. The first-order chi connectivity index (χ1) is 11.1. The molecule has 1 aromatic rings. The fourth-order valence-electron chi connectivity index (χ4n) is 3.57. The van der Waals surface area contributed by atoms with Crippen LogP contribution in [0.3, 0.4) is 0 Å². The Kier molecular flexibility index (Phi) is 4.94. The highest BCUT2D eigenvalue weighted by Crippen LogP contribution is 2.36. The van der Waals surface area contributed by atoms with Gasteiger partial charge in [0.2, 0.25) is 5.92 Å². The standard InChI is InChI=1S/C16H23F2N3O2/c17-16(18)5-1-2-11(8-16)9-20-15(22)13-14(23-10-21-13)12-3-6-19-7-4-12/h10-12,19H,1-9H2,(H,20,22). The zero-order chi connectivity index (χ0) is 16.3. The minimum Gasteiger partial charge on any atom is -0.447 e. The molecule has 2 heterocycles. The van der Waals surface area contributed by atoms with Crippen LogP contribution in [0.5, 0.6) is 0 Å². The molecular weight excluding hydrogens is 304 g/mol. The van der Waals surface area contributed by atoms with Gasteiger partial charge in [0.25, 0.3) is 5.91 Å². The second kappa shape index (κ2) is 6.95. The summed E-state index contributed by atoms with van der Waals surface area (Å²) in [6.07, 6.45) is 4.16. The number of rotatable bonds is 4. The molecular formula is C16H23F2N3O2. The van der Waals surface area contributed by atoms with E-state index in [-0.39, 0.29) is 37.1 Å². The number of piperidine rings is 1. The monoisotopic (exact) mass is 327 g/mol. The summed E-state index contributed by atoms with van der Waals surface area (Å²) in [6.45, 7) is 2.06. The number of carbonyl (C=O) groups is 1. The summed E-state index contributed by atoms with van der Waals surface area (Å²) >= 11 is 0. The predicted octanol–water partition coefficient (Wildman–Crippen LogP) is 2.70. The van der Waals surface area contributed by atoms with Crippen molar-refractivity contribution in [3.8, 4) is 0 Å². The van der Waals surface area contributed by atoms with Gasteiger partial charge in [-0.1, -0.05) is 0 Å². The minimum absolute atomic E-state index is 0.0411. The highest BCUT2D eigenvalue weighted by atomic mass is 19.3. The van der Waals surface area contributed by atoms with E-state index in [1.54, 1.807) is 0 Å². The number of amides is 1. The quantitative estimate of drug-likeness (QED) is 0.892. The van der Waals surface area contributed by atoms with Crippen molar-refractivity contribution in [1.29, 1.82) is 0 Å². The SMILES string of the molecule is O=C(NCC1CCCC(F)(F)C1)c1ncoc1C1CCNCC1. The molecule has 2 N–H and O–H groups in total. The van der Waals surface area contributed by atoms with Crippen molar-refractivity contribution in [3.63, 3.8) is 0 Å². The summed E-state index contributed by atoms with van der Waals surface area (Å²) in [5, 5.41) is 6.03. The Balaban J connectivity index is 1.57. The predicted molar refractivity (Wildman–Crippen MR) is 80.6 cm³/mol. The fourth-order valence-corrected chi connectivity index (χ4v) is 3.57. The van der Waals surface area contributed by atoms with Gasteiger partial charge in [-0.15, -0.1) is 0 Å². The number of alkyl halides is 2. The molecule has 7 heteroatoms. The zero-order valence-corrected chi connectivity index (χ0v) is 13.1. The maximum Gasteiger partial charge on any atom is 0.273 e. The number of aromatic nitrogens is 1. The molecule has 1 saturated heterocycles. The maximum atomic E-state index is 13.4. The molecule has 0 bridgehead atoms. The van der Waals surface area contributed by atoms with Crippen molar-refractivity contribution in [2.75, 3.05) is 19.6 Å². The largest absolute Gasteiger partial charge is 0.447 e. The Hall–Kier alpha value is -1.50. The van der Waals surface area contributed by atoms with Gasteiger partial charge in [-0.05, 0) is 44.7 Å². The number of carbonyl (C=O) groups excluding carboxylic acids is 1. The first-order valence-electron chi connectivity index (χ1n) is 8.35. The van der Waals surface area contributed by atoms with Crippen LogP contribution in [0.4, 0.5) is 8.78 Å². The van der Waals surface area contributed by atoms with Gasteiger partial charge in [-0.2, -0.15) is 0 Å². The molecule has 5 nitrogen and oxygen atoms in total. The van der Waals surface area contributed by atoms with Crippen molar-refractivity contribution in [2.24, 2.45) is 5.92 Å². The van der Waals surface area contributed by atoms with Crippen LogP contribution in [0.2, 0.25) is 0 Å². The zero-order valence-electron chi connectivity index (χ0n) is 13.1. The van der Waals surface area contributed by atoms with Crippen molar-refractivity contribution in [3.05, 3.63) is 17.8 Å². The summed E-state index contributed by atoms with van der Waals surface area (Å²) < 4.78 is 32.3. The molecule has 1 aliphatic heterocycles. The number of hydrogen-bond acceptors (Lipinski definition) is 4. The van der Waals surface area contributed by atoms with E-state index in [1.165, 1.54) is 6.39 Å². The van der Waals surface area contributed by atoms with Crippen LogP contribution in [0.15, 0.2) is 10.8 Å². The average molecular weight is 327 g/mol. The van der Waals surface area contributed by atoms with Crippen LogP contribution in [-0.4, -0.2) is 36.4 Å². The molecule has 0 spiro atoms. The van der Waals surface area contributed by atoms with Gasteiger partial charge in [0.1, 0.15) is 5.76 Å². The van der Waals surface area contributed by atoms with Crippen LogP contribution in [0.1, 0.15) is 60.7 Å². The lowest BCUT2D eigenvalue weighted by atomic mass is 9.86. The second-order valence-corrected chi connectivity index (χ2v) is 6.62. The lowest BCUT2D eigenvalue weighted by Crippen LogP contribution is -2.36. The first-order valence-corrected chi connectivity index (χ1v) is 8.35. The molecule has 2 fully saturated rings. The lowest BCUT2D eigenvalue weighted by Gasteiger charge is -2.28. The molecule has 23 heavy (non-hydrogen) atoms. The summed E-state index contributed by atoms with van der Waals surface area (Å²) in [6, 6.07) is 0. The normalized spacial score (nSPS) is 25.2. The molecule has 1 saturated carbocycles. The van der Waals surface area contributed by atoms with Gasteiger partial charge in [0.05, 0.1) is 0 Å². The second-order valence-electron chi connectivity index (χ2n) is 6.62. The Morgan fingerprint density at radius 2 is 2.17 bits per heavy atom. The minimum atomic E-state index is -2.60. The van der Waals surface area contributed by atoms with Gasteiger partial charge in [-0.3, -0.25) is 4.79 Å². The Bertz CT molecular complexity index is 541. The van der Waals surface area contributed by atoms with E-state index in [0.29, 0.717) is 17.9 Å². The maximum absolute atomic E-state index is 13.4. The third-order valence-corrected chi connectivity index (χ3v) is 4.81. The van der Waals surface area contributed by atoms with Crippen LogP contribution >= 0.6 is 0 Å². The van der Waals surface area contributed by atoms with Crippen LogP contribution in [-0.2, 0) is 0 Å². The van der Waals surface area contributed by atoms with E-state index >= 15 is 0 Å². The molecule has 1 unspecified atom stereocenters. The van der Waals surface area contributed by atoms with Gasteiger partial charge in [0, 0.05) is 25.3 Å². The van der Waals surface area contributed by atoms with Gasteiger partial charge in [-0.25, -0.2) is 13.8 Å². The fraction of sp³-hybridized carbons (Fsp3) is 0.750.